The zero-order valence-electron chi connectivity index (χ0n) is 14.8. The number of rotatable bonds is 5. The zero-order valence-corrected chi connectivity index (χ0v) is 15.6. The fraction of sp³-hybridized carbons (Fsp3) is 0.235. The molecule has 1 fully saturated rings. The Kier molecular flexibility index (Phi) is 5.32. The van der Waals surface area contributed by atoms with Crippen molar-refractivity contribution >= 4 is 27.5 Å². The number of benzene rings is 1. The molecule has 8 nitrogen and oxygen atoms in total. The van der Waals surface area contributed by atoms with E-state index in [1.165, 1.54) is 11.1 Å². The Bertz CT molecular complexity index is 1060. The van der Waals surface area contributed by atoms with Crippen LogP contribution in [0.1, 0.15) is 11.1 Å². The number of hydrogen-bond donors (Lipinski definition) is 1. The van der Waals surface area contributed by atoms with Gasteiger partial charge in [-0.05, 0) is 41.5 Å². The number of imide groups is 1. The van der Waals surface area contributed by atoms with Crippen molar-refractivity contribution in [3.63, 3.8) is 0 Å². The van der Waals surface area contributed by atoms with Gasteiger partial charge in [-0.1, -0.05) is 0 Å². The van der Waals surface area contributed by atoms with Gasteiger partial charge in [0.05, 0.1) is 10.6 Å². The quantitative estimate of drug-likeness (QED) is 0.727. The van der Waals surface area contributed by atoms with Crippen LogP contribution in [0.2, 0.25) is 0 Å². The summed E-state index contributed by atoms with van der Waals surface area (Å²) in [6, 6.07) is 4.36. The fourth-order valence-corrected chi connectivity index (χ4v) is 3.60. The van der Waals surface area contributed by atoms with Gasteiger partial charge in [-0.2, -0.15) is 13.2 Å². The van der Waals surface area contributed by atoms with Crippen LogP contribution in [0.3, 0.4) is 0 Å². The monoisotopic (exact) mass is 428 g/mol. The summed E-state index contributed by atoms with van der Waals surface area (Å²) in [6.07, 6.45) is 3.07. The van der Waals surface area contributed by atoms with Crippen molar-refractivity contribution < 1.29 is 31.2 Å². The van der Waals surface area contributed by atoms with Gasteiger partial charge >= 0.3 is 11.5 Å². The van der Waals surface area contributed by atoms with Gasteiger partial charge in [0.25, 0.3) is 15.7 Å². The van der Waals surface area contributed by atoms with E-state index in [1.807, 2.05) is 0 Å². The molecule has 1 aromatic carbocycles. The Hall–Kier alpha value is -2.99. The summed E-state index contributed by atoms with van der Waals surface area (Å²) < 4.78 is 60.8. The summed E-state index contributed by atoms with van der Waals surface area (Å²) in [5, 5.41) is 0. The minimum absolute atomic E-state index is 0.0302. The Labute approximate surface area is 163 Å². The highest BCUT2D eigenvalue weighted by atomic mass is 32.2. The van der Waals surface area contributed by atoms with Crippen LogP contribution >= 0.6 is 0 Å². The van der Waals surface area contributed by atoms with Crippen molar-refractivity contribution in [2.45, 2.75) is 23.5 Å². The van der Waals surface area contributed by atoms with Crippen LogP contribution in [0.4, 0.5) is 23.7 Å². The standard InChI is InChI=1S/C17H15F3N4O4S/c18-17(19,20)29(27,28)14-3-1-13(2-4-14)24-15(25)10-23(16(24)26)9-11-5-6-22-8-12(11)7-21/h1-6,8H,7,9-10,21H2. The predicted octanol–water partition coefficient (Wildman–Crippen LogP) is 1.80. The third-order valence-corrected chi connectivity index (χ3v) is 5.84. The van der Waals surface area contributed by atoms with Gasteiger partial charge in [-0.3, -0.25) is 9.78 Å². The topological polar surface area (TPSA) is 114 Å². The molecule has 154 valence electrons. The molecule has 3 amide bonds. The molecule has 0 atom stereocenters. The number of carbonyl (C=O) groups excluding carboxylic acids is 2. The highest BCUT2D eigenvalue weighted by molar-refractivity contribution is 7.92. The minimum Gasteiger partial charge on any atom is -0.326 e. The highest BCUT2D eigenvalue weighted by Crippen LogP contribution is 2.32. The van der Waals surface area contributed by atoms with E-state index < -0.39 is 32.2 Å². The number of aromatic nitrogens is 1. The van der Waals surface area contributed by atoms with E-state index in [2.05, 4.69) is 4.98 Å². The second-order valence-electron chi connectivity index (χ2n) is 6.16. The van der Waals surface area contributed by atoms with Crippen LogP contribution in [0, 0.1) is 0 Å². The summed E-state index contributed by atoms with van der Waals surface area (Å²) in [5.74, 6) is -0.593. The van der Waals surface area contributed by atoms with E-state index in [0.717, 1.165) is 17.0 Å². The third kappa shape index (κ3) is 3.80. The molecule has 12 heteroatoms. The number of sulfone groups is 1. The lowest BCUT2D eigenvalue weighted by Gasteiger charge is -2.18. The first kappa shape index (κ1) is 20.7. The molecule has 0 spiro atoms. The number of urea groups is 1. The molecule has 2 N–H and O–H groups in total. The van der Waals surface area contributed by atoms with E-state index in [1.54, 1.807) is 12.3 Å². The van der Waals surface area contributed by atoms with Crippen LogP contribution in [-0.2, 0) is 27.7 Å². The lowest BCUT2D eigenvalue weighted by atomic mass is 10.1. The number of pyridine rings is 1. The number of halogens is 3. The van der Waals surface area contributed by atoms with E-state index in [0.29, 0.717) is 23.3 Å². The second kappa shape index (κ2) is 7.44. The van der Waals surface area contributed by atoms with Gasteiger partial charge in [0, 0.05) is 25.5 Å². The van der Waals surface area contributed by atoms with Crippen LogP contribution in [0.25, 0.3) is 0 Å². The van der Waals surface area contributed by atoms with Crippen molar-refractivity contribution in [3.8, 4) is 0 Å². The fourth-order valence-electron chi connectivity index (χ4n) is 2.84. The molecule has 1 aliphatic heterocycles. The number of carbonyl (C=O) groups is 2. The van der Waals surface area contributed by atoms with Crippen LogP contribution in [0.5, 0.6) is 0 Å². The molecular formula is C17H15F3N4O4S. The maximum absolute atomic E-state index is 12.6. The third-order valence-electron chi connectivity index (χ3n) is 4.33. The first-order valence-corrected chi connectivity index (χ1v) is 9.69. The van der Waals surface area contributed by atoms with E-state index in [-0.39, 0.29) is 25.3 Å². The van der Waals surface area contributed by atoms with Crippen molar-refractivity contribution in [2.24, 2.45) is 5.73 Å². The van der Waals surface area contributed by atoms with E-state index >= 15 is 0 Å². The van der Waals surface area contributed by atoms with Crippen LogP contribution < -0.4 is 10.6 Å². The van der Waals surface area contributed by atoms with Crippen molar-refractivity contribution in [1.29, 1.82) is 0 Å². The Morgan fingerprint density at radius 2 is 1.72 bits per heavy atom. The number of hydrogen-bond acceptors (Lipinski definition) is 6. The van der Waals surface area contributed by atoms with Crippen molar-refractivity contribution in [3.05, 3.63) is 53.9 Å². The largest absolute Gasteiger partial charge is 0.501 e. The number of nitrogens with zero attached hydrogens (tertiary/aromatic N) is 3. The average Bonchev–Trinajstić information content (AvgIpc) is 2.94. The van der Waals surface area contributed by atoms with Crippen molar-refractivity contribution in [2.75, 3.05) is 11.4 Å². The lowest BCUT2D eigenvalue weighted by molar-refractivity contribution is -0.116. The van der Waals surface area contributed by atoms with Gasteiger partial charge in [-0.15, -0.1) is 0 Å². The Morgan fingerprint density at radius 3 is 2.31 bits per heavy atom. The number of nitrogens with two attached hydrogens (primary N) is 1. The molecule has 29 heavy (non-hydrogen) atoms. The highest BCUT2D eigenvalue weighted by Gasteiger charge is 2.47. The number of amides is 3. The number of anilines is 1. The second-order valence-corrected chi connectivity index (χ2v) is 8.10. The zero-order chi connectivity index (χ0) is 21.4. The predicted molar refractivity (Wildman–Crippen MR) is 95.1 cm³/mol. The Balaban J connectivity index is 1.83. The van der Waals surface area contributed by atoms with Crippen molar-refractivity contribution in [1.82, 2.24) is 9.88 Å². The minimum atomic E-state index is -5.52. The van der Waals surface area contributed by atoms with E-state index in [9.17, 15) is 31.2 Å². The maximum atomic E-state index is 12.6. The molecule has 0 aliphatic carbocycles. The lowest BCUT2D eigenvalue weighted by Crippen LogP contribution is -2.33. The summed E-state index contributed by atoms with van der Waals surface area (Å²) in [7, 11) is -5.52. The molecular weight excluding hydrogens is 413 g/mol. The van der Waals surface area contributed by atoms with Gasteiger partial charge < -0.3 is 10.6 Å². The molecule has 0 saturated carbocycles. The van der Waals surface area contributed by atoms with Gasteiger partial charge in [0.2, 0.25) is 0 Å². The van der Waals surface area contributed by atoms with E-state index in [4.69, 9.17) is 5.73 Å². The normalized spacial score (nSPS) is 15.3. The SMILES string of the molecule is NCc1cnccc1CN1CC(=O)N(c2ccc(S(=O)(=O)C(F)(F)F)cc2)C1=O. The van der Waals surface area contributed by atoms with Crippen LogP contribution in [0.15, 0.2) is 47.6 Å². The molecule has 1 aromatic heterocycles. The molecule has 2 aromatic rings. The summed E-state index contributed by atoms with van der Waals surface area (Å²) in [5.41, 5.74) is 1.56. The number of alkyl halides is 3. The molecule has 1 saturated heterocycles. The first-order valence-electron chi connectivity index (χ1n) is 8.21. The van der Waals surface area contributed by atoms with Crippen LogP contribution in [-0.4, -0.2) is 42.3 Å². The summed E-state index contributed by atoms with van der Waals surface area (Å²) >= 11 is 0. The Morgan fingerprint density at radius 1 is 1.07 bits per heavy atom. The molecule has 0 bridgehead atoms. The summed E-state index contributed by atoms with van der Waals surface area (Å²) in [6.45, 7) is 0.0441. The van der Waals surface area contributed by atoms with Gasteiger partial charge in [0.1, 0.15) is 6.54 Å². The van der Waals surface area contributed by atoms with Gasteiger partial charge in [0.15, 0.2) is 0 Å². The summed E-state index contributed by atoms with van der Waals surface area (Å²) in [4.78, 5) is 30.0. The molecule has 1 aliphatic rings. The molecule has 2 heterocycles. The maximum Gasteiger partial charge on any atom is 0.501 e. The first-order chi connectivity index (χ1) is 13.6. The van der Waals surface area contributed by atoms with Gasteiger partial charge in [-0.25, -0.2) is 18.1 Å². The smallest absolute Gasteiger partial charge is 0.326 e. The molecule has 0 unspecified atom stereocenters. The molecule has 0 radical (unpaired) electrons. The average molecular weight is 428 g/mol. The molecule has 3 rings (SSSR count).